The molecule has 5 rings (SSSR count). The van der Waals surface area contributed by atoms with Gasteiger partial charge in [0.2, 0.25) is 5.75 Å². The number of fused-ring (bicyclic) bond motifs is 1. The van der Waals surface area contributed by atoms with Crippen molar-refractivity contribution in [1.29, 1.82) is 0 Å². The van der Waals surface area contributed by atoms with Gasteiger partial charge in [-0.2, -0.15) is 0 Å². The predicted octanol–water partition coefficient (Wildman–Crippen LogP) is 5.17. The zero-order valence-electron chi connectivity index (χ0n) is 21.5. The molecular formula is C29H32N4O4. The summed E-state index contributed by atoms with van der Waals surface area (Å²) in [5.74, 6) is -0.385. The summed E-state index contributed by atoms with van der Waals surface area (Å²) in [4.78, 5) is 38.6. The molecule has 0 bridgehead atoms. The standard InChI is InChI=1S/C29H32N4O4/c1-28(2,3)37-27(35)23-24(36-19-20-10-5-4-6-11-20)26(34)32-22(31-23)18-29(14-7-8-15-29)33-17-13-21-12-9-16-30-25(21)33/h4-6,9-13,16-17H,7-8,14-15,18-19H2,1-3H3,(H,31,32,34). The average molecular weight is 501 g/mol. The molecule has 1 aliphatic carbocycles. The van der Waals surface area contributed by atoms with E-state index in [1.807, 2.05) is 42.5 Å². The molecule has 1 saturated carbocycles. The summed E-state index contributed by atoms with van der Waals surface area (Å²) < 4.78 is 13.7. The van der Waals surface area contributed by atoms with Gasteiger partial charge in [-0.25, -0.2) is 14.8 Å². The van der Waals surface area contributed by atoms with Gasteiger partial charge in [0.05, 0.1) is 5.54 Å². The first-order valence-corrected chi connectivity index (χ1v) is 12.7. The molecule has 3 heterocycles. The second-order valence-electron chi connectivity index (χ2n) is 10.7. The van der Waals surface area contributed by atoms with Crippen LogP contribution in [0, 0.1) is 0 Å². The Morgan fingerprint density at radius 1 is 1.08 bits per heavy atom. The highest BCUT2D eigenvalue weighted by atomic mass is 16.6. The third-order valence-electron chi connectivity index (χ3n) is 6.73. The van der Waals surface area contributed by atoms with Gasteiger partial charge in [0.1, 0.15) is 23.7 Å². The number of ether oxygens (including phenoxy) is 2. The fraction of sp³-hybridized carbons (Fsp3) is 0.379. The van der Waals surface area contributed by atoms with Gasteiger partial charge in [-0.3, -0.25) is 4.79 Å². The minimum absolute atomic E-state index is 0.103. The van der Waals surface area contributed by atoms with Gasteiger partial charge in [0.15, 0.2) is 5.69 Å². The van der Waals surface area contributed by atoms with E-state index < -0.39 is 17.1 Å². The Kier molecular flexibility index (Phi) is 6.58. The van der Waals surface area contributed by atoms with E-state index in [0.29, 0.717) is 12.2 Å². The number of hydrogen-bond acceptors (Lipinski definition) is 6. The van der Waals surface area contributed by atoms with Crippen LogP contribution in [0.1, 0.15) is 68.3 Å². The molecule has 1 aromatic carbocycles. The minimum atomic E-state index is -0.749. The molecule has 0 saturated heterocycles. The maximum atomic E-state index is 13.3. The number of H-pyrrole nitrogens is 1. The van der Waals surface area contributed by atoms with Crippen LogP contribution in [0.5, 0.6) is 5.75 Å². The van der Waals surface area contributed by atoms with E-state index >= 15 is 0 Å². The number of hydrogen-bond donors (Lipinski definition) is 1. The number of carbonyl (C=O) groups excluding carboxylic acids is 1. The van der Waals surface area contributed by atoms with E-state index in [-0.39, 0.29) is 23.6 Å². The van der Waals surface area contributed by atoms with Crippen molar-refractivity contribution in [2.24, 2.45) is 0 Å². The molecule has 0 amide bonds. The van der Waals surface area contributed by atoms with Crippen molar-refractivity contribution in [2.45, 2.75) is 70.6 Å². The number of aromatic nitrogens is 4. The first-order valence-electron chi connectivity index (χ1n) is 12.7. The summed E-state index contributed by atoms with van der Waals surface area (Å²) in [6.45, 7) is 5.47. The van der Waals surface area contributed by atoms with Gasteiger partial charge in [0.25, 0.3) is 5.56 Å². The zero-order chi connectivity index (χ0) is 26.0. The Balaban J connectivity index is 1.53. The highest BCUT2D eigenvalue weighted by molar-refractivity contribution is 5.90. The summed E-state index contributed by atoms with van der Waals surface area (Å²) in [6.07, 6.45) is 8.28. The average Bonchev–Trinajstić information content (AvgIpc) is 3.50. The SMILES string of the molecule is CC(C)(C)OC(=O)c1nc(CC2(n3ccc4cccnc43)CCCC2)[nH]c(=O)c1OCc1ccccc1. The number of pyridine rings is 1. The van der Waals surface area contributed by atoms with Crippen molar-refractivity contribution in [2.75, 3.05) is 0 Å². The van der Waals surface area contributed by atoms with Crippen LogP contribution in [-0.4, -0.2) is 31.1 Å². The Bertz CT molecular complexity index is 1460. The van der Waals surface area contributed by atoms with Crippen molar-refractivity contribution in [3.63, 3.8) is 0 Å². The van der Waals surface area contributed by atoms with Gasteiger partial charge in [-0.05, 0) is 57.4 Å². The topological polar surface area (TPSA) is 99.1 Å². The predicted molar refractivity (Wildman–Crippen MR) is 141 cm³/mol. The van der Waals surface area contributed by atoms with E-state index in [1.165, 1.54) is 0 Å². The molecule has 4 aromatic rings. The van der Waals surface area contributed by atoms with Crippen LogP contribution < -0.4 is 10.3 Å². The molecule has 1 fully saturated rings. The van der Waals surface area contributed by atoms with Crippen LogP contribution in [0.3, 0.4) is 0 Å². The third-order valence-corrected chi connectivity index (χ3v) is 6.73. The molecule has 37 heavy (non-hydrogen) atoms. The fourth-order valence-electron chi connectivity index (χ4n) is 5.12. The highest BCUT2D eigenvalue weighted by Gasteiger charge is 2.38. The van der Waals surface area contributed by atoms with Gasteiger partial charge < -0.3 is 19.0 Å². The Morgan fingerprint density at radius 2 is 1.84 bits per heavy atom. The van der Waals surface area contributed by atoms with Crippen molar-refractivity contribution in [3.05, 3.63) is 88.4 Å². The largest absolute Gasteiger partial charge is 0.481 e. The lowest BCUT2D eigenvalue weighted by molar-refractivity contribution is 0.00570. The van der Waals surface area contributed by atoms with Crippen molar-refractivity contribution in [1.82, 2.24) is 19.5 Å². The van der Waals surface area contributed by atoms with Crippen LogP contribution in [-0.2, 0) is 23.3 Å². The molecule has 3 aromatic heterocycles. The summed E-state index contributed by atoms with van der Waals surface area (Å²) >= 11 is 0. The number of benzene rings is 1. The summed E-state index contributed by atoms with van der Waals surface area (Å²) in [6, 6.07) is 15.5. The molecule has 0 radical (unpaired) electrons. The summed E-state index contributed by atoms with van der Waals surface area (Å²) in [7, 11) is 0. The summed E-state index contributed by atoms with van der Waals surface area (Å²) in [5, 5.41) is 1.06. The van der Waals surface area contributed by atoms with Gasteiger partial charge in [-0.1, -0.05) is 43.2 Å². The highest BCUT2D eigenvalue weighted by Crippen LogP contribution is 2.41. The summed E-state index contributed by atoms with van der Waals surface area (Å²) in [5.41, 5.74) is 0.128. The van der Waals surface area contributed by atoms with Crippen molar-refractivity contribution >= 4 is 17.0 Å². The second kappa shape index (κ2) is 9.84. The Morgan fingerprint density at radius 3 is 2.57 bits per heavy atom. The zero-order valence-corrected chi connectivity index (χ0v) is 21.5. The first-order chi connectivity index (χ1) is 17.7. The number of esters is 1. The number of aromatic amines is 1. The van der Waals surface area contributed by atoms with Crippen LogP contribution in [0.2, 0.25) is 0 Å². The maximum Gasteiger partial charge on any atom is 0.361 e. The molecule has 8 heteroatoms. The third kappa shape index (κ3) is 5.28. The molecule has 192 valence electrons. The number of rotatable bonds is 7. The van der Waals surface area contributed by atoms with E-state index in [0.717, 1.165) is 42.3 Å². The van der Waals surface area contributed by atoms with Gasteiger partial charge in [0, 0.05) is 24.2 Å². The van der Waals surface area contributed by atoms with Crippen LogP contribution >= 0.6 is 0 Å². The minimum Gasteiger partial charge on any atom is -0.481 e. The van der Waals surface area contributed by atoms with Gasteiger partial charge in [-0.15, -0.1) is 0 Å². The quantitative estimate of drug-likeness (QED) is 0.352. The van der Waals surface area contributed by atoms with Crippen LogP contribution in [0.15, 0.2) is 65.7 Å². The number of carbonyl (C=O) groups is 1. The number of nitrogens with zero attached hydrogens (tertiary/aromatic N) is 3. The molecule has 0 spiro atoms. The van der Waals surface area contributed by atoms with E-state index in [4.69, 9.17) is 9.47 Å². The molecule has 8 nitrogen and oxygen atoms in total. The lowest BCUT2D eigenvalue weighted by Gasteiger charge is -2.31. The normalized spacial score (nSPS) is 15.1. The maximum absolute atomic E-state index is 13.3. The van der Waals surface area contributed by atoms with Gasteiger partial charge >= 0.3 is 5.97 Å². The Hall–Kier alpha value is -3.94. The Labute approximate surface area is 215 Å². The van der Waals surface area contributed by atoms with Crippen molar-refractivity contribution in [3.8, 4) is 5.75 Å². The molecular weight excluding hydrogens is 468 g/mol. The number of nitrogens with one attached hydrogen (secondary N) is 1. The lowest BCUT2D eigenvalue weighted by Crippen LogP contribution is -2.35. The molecule has 0 unspecified atom stereocenters. The van der Waals surface area contributed by atoms with Crippen LogP contribution in [0.4, 0.5) is 0 Å². The smallest absolute Gasteiger partial charge is 0.361 e. The second-order valence-corrected chi connectivity index (χ2v) is 10.7. The van der Waals surface area contributed by atoms with E-state index in [9.17, 15) is 9.59 Å². The van der Waals surface area contributed by atoms with E-state index in [1.54, 1.807) is 27.0 Å². The molecule has 0 aliphatic heterocycles. The molecule has 1 N–H and O–H groups in total. The lowest BCUT2D eigenvalue weighted by atomic mass is 9.92. The molecule has 1 aliphatic rings. The fourth-order valence-corrected chi connectivity index (χ4v) is 5.12. The molecule has 0 atom stereocenters. The van der Waals surface area contributed by atoms with Crippen molar-refractivity contribution < 1.29 is 14.3 Å². The van der Waals surface area contributed by atoms with E-state index in [2.05, 4.69) is 31.8 Å². The van der Waals surface area contributed by atoms with Crippen LogP contribution in [0.25, 0.3) is 11.0 Å². The monoisotopic (exact) mass is 500 g/mol. The first kappa shape index (κ1) is 24.7.